The lowest BCUT2D eigenvalue weighted by Gasteiger charge is -2.05. The number of carbonyl (C=O) groups is 4. The Balaban J connectivity index is 3.58. The molecule has 0 unspecified atom stereocenters. The normalized spacial score (nSPS) is 10.1. The van der Waals surface area contributed by atoms with Gasteiger partial charge in [0.2, 0.25) is 0 Å². The Hall–Kier alpha value is -1.72. The summed E-state index contributed by atoms with van der Waals surface area (Å²) in [5.41, 5.74) is 0. The quantitative estimate of drug-likeness (QED) is 0.383. The van der Waals surface area contributed by atoms with Gasteiger partial charge in [-0.1, -0.05) is 13.8 Å². The van der Waals surface area contributed by atoms with Gasteiger partial charge in [0.15, 0.2) is 11.6 Å². The van der Waals surface area contributed by atoms with Gasteiger partial charge in [0.1, 0.15) is 13.2 Å². The molecule has 0 aromatic carbocycles. The van der Waals surface area contributed by atoms with E-state index in [1.54, 1.807) is 0 Å². The molecule has 0 bridgehead atoms. The summed E-state index contributed by atoms with van der Waals surface area (Å²) in [6.45, 7) is 3.42. The van der Waals surface area contributed by atoms with Gasteiger partial charge in [0.05, 0.1) is 0 Å². The molecule has 6 heteroatoms. The van der Waals surface area contributed by atoms with Gasteiger partial charge in [-0.15, -0.1) is 0 Å². The molecule has 0 heterocycles. The molecule has 0 amide bonds. The van der Waals surface area contributed by atoms with E-state index in [4.69, 9.17) is 9.47 Å². The number of ether oxygens (including phenoxy) is 2. The molecule has 0 rings (SSSR count). The van der Waals surface area contributed by atoms with Crippen LogP contribution in [-0.2, 0) is 28.7 Å². The van der Waals surface area contributed by atoms with Crippen molar-refractivity contribution in [3.63, 3.8) is 0 Å². The Kier molecular flexibility index (Phi) is 12.0. The van der Waals surface area contributed by atoms with Crippen LogP contribution in [0.1, 0.15) is 65.2 Å². The first-order valence-corrected chi connectivity index (χ1v) is 7.84. The number of Topliss-reactive ketones (excluding diaryl/α,β-unsaturated/α-hetero) is 2. The molecule has 0 atom stereocenters. The van der Waals surface area contributed by atoms with Gasteiger partial charge in [-0.2, -0.15) is 0 Å². The van der Waals surface area contributed by atoms with Crippen molar-refractivity contribution in [3.8, 4) is 0 Å². The van der Waals surface area contributed by atoms with Crippen LogP contribution in [0.2, 0.25) is 0 Å². The van der Waals surface area contributed by atoms with Crippen LogP contribution in [0.3, 0.4) is 0 Å². The number of hydrogen-bond acceptors (Lipinski definition) is 6. The fourth-order valence-corrected chi connectivity index (χ4v) is 1.71. The van der Waals surface area contributed by atoms with Crippen LogP contribution in [0.25, 0.3) is 0 Å². The fourth-order valence-electron chi connectivity index (χ4n) is 1.71. The Morgan fingerprint density at radius 2 is 1.00 bits per heavy atom. The summed E-state index contributed by atoms with van der Waals surface area (Å²) in [5.74, 6) is -1.04. The first kappa shape index (κ1) is 20.3. The smallest absolute Gasteiger partial charge is 0.306 e. The highest BCUT2D eigenvalue weighted by molar-refractivity contribution is 5.82. The van der Waals surface area contributed by atoms with Crippen LogP contribution < -0.4 is 0 Å². The minimum atomic E-state index is -0.434. The van der Waals surface area contributed by atoms with E-state index in [9.17, 15) is 19.2 Å². The van der Waals surface area contributed by atoms with Crippen molar-refractivity contribution >= 4 is 23.5 Å². The number of ketones is 2. The summed E-state index contributed by atoms with van der Waals surface area (Å²) >= 11 is 0. The summed E-state index contributed by atoms with van der Waals surface area (Å²) in [5, 5.41) is 0. The van der Waals surface area contributed by atoms with Crippen molar-refractivity contribution in [1.82, 2.24) is 0 Å². The Bertz CT molecular complexity index is 339. The first-order chi connectivity index (χ1) is 10.5. The molecule has 126 valence electrons. The van der Waals surface area contributed by atoms with Crippen molar-refractivity contribution in [3.05, 3.63) is 0 Å². The van der Waals surface area contributed by atoms with Crippen molar-refractivity contribution < 1.29 is 28.7 Å². The Morgan fingerprint density at radius 1 is 0.636 bits per heavy atom. The van der Waals surface area contributed by atoms with Crippen LogP contribution in [0, 0.1) is 0 Å². The van der Waals surface area contributed by atoms with E-state index in [1.807, 2.05) is 13.8 Å². The van der Waals surface area contributed by atoms with Gasteiger partial charge in [0, 0.05) is 25.7 Å². The molecule has 0 radical (unpaired) electrons. The highest BCUT2D eigenvalue weighted by Crippen LogP contribution is 2.04. The van der Waals surface area contributed by atoms with Gasteiger partial charge >= 0.3 is 11.9 Å². The van der Waals surface area contributed by atoms with Crippen molar-refractivity contribution in [2.75, 3.05) is 13.2 Å². The molecule has 0 saturated carbocycles. The maximum atomic E-state index is 11.3. The van der Waals surface area contributed by atoms with Gasteiger partial charge < -0.3 is 9.47 Å². The minimum absolute atomic E-state index is 0.0869. The second-order valence-electron chi connectivity index (χ2n) is 5.11. The van der Waals surface area contributed by atoms with E-state index < -0.39 is 11.9 Å². The van der Waals surface area contributed by atoms with E-state index in [0.717, 1.165) is 12.8 Å². The molecule has 0 aromatic rings. The molecule has 0 aliphatic carbocycles. The Morgan fingerprint density at radius 3 is 1.32 bits per heavy atom. The zero-order valence-corrected chi connectivity index (χ0v) is 13.5. The lowest BCUT2D eigenvalue weighted by molar-refractivity contribution is -0.149. The lowest BCUT2D eigenvalue weighted by atomic mass is 10.2. The molecule has 0 aliphatic heterocycles. The maximum absolute atomic E-state index is 11.3. The van der Waals surface area contributed by atoms with E-state index >= 15 is 0 Å². The van der Waals surface area contributed by atoms with Crippen molar-refractivity contribution in [1.29, 1.82) is 0 Å². The molecule has 0 aliphatic rings. The van der Waals surface area contributed by atoms with Gasteiger partial charge in [0.25, 0.3) is 0 Å². The van der Waals surface area contributed by atoms with Crippen molar-refractivity contribution in [2.45, 2.75) is 65.2 Å². The zero-order valence-electron chi connectivity index (χ0n) is 13.5. The summed E-state index contributed by atoms with van der Waals surface area (Å²) in [7, 11) is 0. The summed E-state index contributed by atoms with van der Waals surface area (Å²) in [4.78, 5) is 45.0. The number of rotatable bonds is 13. The molecular formula is C16H26O6. The highest BCUT2D eigenvalue weighted by atomic mass is 16.5. The highest BCUT2D eigenvalue weighted by Gasteiger charge is 2.09. The average Bonchev–Trinajstić information content (AvgIpc) is 2.48. The Labute approximate surface area is 131 Å². The predicted molar refractivity (Wildman–Crippen MR) is 80.2 cm³/mol. The summed E-state index contributed by atoms with van der Waals surface area (Å²) in [6.07, 6.45) is 3.60. The second kappa shape index (κ2) is 13.0. The van der Waals surface area contributed by atoms with E-state index in [1.165, 1.54) is 0 Å². The monoisotopic (exact) mass is 314 g/mol. The maximum Gasteiger partial charge on any atom is 0.306 e. The number of carbonyl (C=O) groups excluding carboxylic acids is 4. The molecule has 0 fully saturated rings. The minimum Gasteiger partial charge on any atom is -0.458 e. The molecule has 6 nitrogen and oxygen atoms in total. The zero-order chi connectivity index (χ0) is 16.8. The van der Waals surface area contributed by atoms with E-state index in [2.05, 4.69) is 0 Å². The molecular weight excluding hydrogens is 288 g/mol. The van der Waals surface area contributed by atoms with Crippen LogP contribution in [0.15, 0.2) is 0 Å². The van der Waals surface area contributed by atoms with Crippen LogP contribution >= 0.6 is 0 Å². The fraction of sp³-hybridized carbons (Fsp3) is 0.750. The van der Waals surface area contributed by atoms with Crippen molar-refractivity contribution in [2.24, 2.45) is 0 Å². The standard InChI is InChI=1S/C16H26O6/c1-3-7-13(17)11-21-15(19)9-5-6-10-16(20)22-12-14(18)8-4-2/h3-12H2,1-2H3. The average molecular weight is 314 g/mol. The third-order valence-electron chi connectivity index (χ3n) is 2.86. The topological polar surface area (TPSA) is 86.7 Å². The summed E-state index contributed by atoms with van der Waals surface area (Å²) < 4.78 is 9.64. The number of esters is 2. The van der Waals surface area contributed by atoms with Gasteiger partial charge in [-0.3, -0.25) is 19.2 Å². The van der Waals surface area contributed by atoms with Crippen LogP contribution in [-0.4, -0.2) is 36.7 Å². The van der Waals surface area contributed by atoms with Gasteiger partial charge in [-0.25, -0.2) is 0 Å². The SMILES string of the molecule is CCCC(=O)COC(=O)CCCCC(=O)OCC(=O)CCC. The predicted octanol–water partition coefficient (Wildman–Crippen LogP) is 2.37. The third kappa shape index (κ3) is 12.1. The van der Waals surface area contributed by atoms with Crippen LogP contribution in [0.5, 0.6) is 0 Å². The van der Waals surface area contributed by atoms with E-state index in [-0.39, 0.29) is 37.6 Å². The third-order valence-corrected chi connectivity index (χ3v) is 2.86. The van der Waals surface area contributed by atoms with E-state index in [0.29, 0.717) is 25.7 Å². The molecule has 0 N–H and O–H groups in total. The molecule has 22 heavy (non-hydrogen) atoms. The lowest BCUT2D eigenvalue weighted by Crippen LogP contribution is -2.14. The van der Waals surface area contributed by atoms with Crippen LogP contribution in [0.4, 0.5) is 0 Å². The molecule has 0 aromatic heterocycles. The van der Waals surface area contributed by atoms with Gasteiger partial charge in [-0.05, 0) is 25.7 Å². The summed E-state index contributed by atoms with van der Waals surface area (Å²) in [6, 6.07) is 0. The second-order valence-corrected chi connectivity index (χ2v) is 5.11. The first-order valence-electron chi connectivity index (χ1n) is 7.84. The number of unbranched alkanes of at least 4 members (excludes halogenated alkanes) is 1. The molecule has 0 spiro atoms. The molecule has 0 saturated heterocycles. The number of hydrogen-bond donors (Lipinski definition) is 0. The largest absolute Gasteiger partial charge is 0.458 e.